The summed E-state index contributed by atoms with van der Waals surface area (Å²) in [4.78, 5) is 0. The normalized spacial score (nSPS) is 22.2. The lowest BCUT2D eigenvalue weighted by Gasteiger charge is -2.14. The lowest BCUT2D eigenvalue weighted by molar-refractivity contribution is 0.493. The molecule has 0 aromatic rings. The van der Waals surface area contributed by atoms with Gasteiger partial charge in [0.15, 0.2) is 0 Å². The van der Waals surface area contributed by atoms with Crippen molar-refractivity contribution >= 4 is 11.6 Å². The van der Waals surface area contributed by atoms with Gasteiger partial charge in [0.1, 0.15) is 0 Å². The molecule has 72 valence electrons. The van der Waals surface area contributed by atoms with Crippen molar-refractivity contribution in [2.24, 2.45) is 5.92 Å². The van der Waals surface area contributed by atoms with Crippen molar-refractivity contribution in [2.45, 2.75) is 50.9 Å². The largest absolute Gasteiger partial charge is 0.314 e. The third-order valence-corrected chi connectivity index (χ3v) is 2.60. The molecule has 0 radical (unpaired) electrons. The fourth-order valence-electron chi connectivity index (χ4n) is 1.51. The molecule has 1 aliphatic rings. The van der Waals surface area contributed by atoms with E-state index in [1.165, 1.54) is 25.8 Å². The van der Waals surface area contributed by atoms with E-state index in [0.717, 1.165) is 12.3 Å². The van der Waals surface area contributed by atoms with Crippen LogP contribution in [0.1, 0.15) is 39.5 Å². The van der Waals surface area contributed by atoms with Gasteiger partial charge in [0.2, 0.25) is 0 Å². The summed E-state index contributed by atoms with van der Waals surface area (Å²) in [5, 5.41) is 3.80. The second kappa shape index (κ2) is 5.08. The van der Waals surface area contributed by atoms with E-state index < -0.39 is 0 Å². The Balaban J connectivity index is 1.89. The minimum Gasteiger partial charge on any atom is -0.314 e. The highest BCUT2D eigenvalue weighted by molar-refractivity contribution is 6.20. The average molecular weight is 190 g/mol. The second-order valence-electron chi connectivity index (χ2n) is 4.10. The van der Waals surface area contributed by atoms with E-state index >= 15 is 0 Å². The van der Waals surface area contributed by atoms with Gasteiger partial charge in [-0.3, -0.25) is 0 Å². The maximum absolute atomic E-state index is 5.89. The number of halogens is 1. The smallest absolute Gasteiger partial charge is 0.0322 e. The molecule has 0 aliphatic heterocycles. The van der Waals surface area contributed by atoms with Crippen molar-refractivity contribution in [3.8, 4) is 0 Å². The molecule has 1 fully saturated rings. The number of nitrogens with one attached hydrogen (secondary N) is 1. The summed E-state index contributed by atoms with van der Waals surface area (Å²) in [6.45, 7) is 5.45. The third kappa shape index (κ3) is 5.00. The molecule has 1 N–H and O–H groups in total. The highest BCUT2D eigenvalue weighted by Crippen LogP contribution is 2.31. The molecule has 12 heavy (non-hydrogen) atoms. The first kappa shape index (κ1) is 10.3. The van der Waals surface area contributed by atoms with Crippen LogP contribution in [-0.4, -0.2) is 18.0 Å². The van der Waals surface area contributed by atoms with E-state index in [2.05, 4.69) is 19.2 Å². The molecule has 0 heterocycles. The highest BCUT2D eigenvalue weighted by Gasteiger charge is 2.20. The average Bonchev–Trinajstić information content (AvgIpc) is 2.69. The van der Waals surface area contributed by atoms with Crippen molar-refractivity contribution in [1.29, 1.82) is 0 Å². The van der Waals surface area contributed by atoms with E-state index in [0.29, 0.717) is 11.4 Å². The van der Waals surface area contributed by atoms with E-state index in [1.807, 2.05) is 0 Å². The summed E-state index contributed by atoms with van der Waals surface area (Å²) in [6.07, 6.45) is 5.36. The minimum absolute atomic E-state index is 0.299. The van der Waals surface area contributed by atoms with Crippen molar-refractivity contribution < 1.29 is 0 Å². The van der Waals surface area contributed by atoms with Crippen LogP contribution < -0.4 is 5.32 Å². The maximum atomic E-state index is 5.89. The quantitative estimate of drug-likeness (QED) is 0.634. The summed E-state index contributed by atoms with van der Waals surface area (Å²) in [7, 11) is 0. The van der Waals surface area contributed by atoms with Crippen molar-refractivity contribution in [1.82, 2.24) is 5.32 Å². The Morgan fingerprint density at radius 2 is 2.08 bits per heavy atom. The number of hydrogen-bond acceptors (Lipinski definition) is 1. The van der Waals surface area contributed by atoms with Gasteiger partial charge in [-0.1, -0.05) is 12.8 Å². The standard InChI is InChI=1S/C10H20ClN/c1-8(11)7-9(2)12-6-5-10-3-4-10/h8-10,12H,3-7H2,1-2H3. The van der Waals surface area contributed by atoms with Gasteiger partial charge in [0.05, 0.1) is 0 Å². The summed E-state index contributed by atoms with van der Waals surface area (Å²) in [5.41, 5.74) is 0. The molecular formula is C10H20ClN. The number of alkyl halides is 1. The fraction of sp³-hybridized carbons (Fsp3) is 1.00. The topological polar surface area (TPSA) is 12.0 Å². The summed E-state index contributed by atoms with van der Waals surface area (Å²) < 4.78 is 0. The number of hydrogen-bond donors (Lipinski definition) is 1. The van der Waals surface area contributed by atoms with E-state index in [4.69, 9.17) is 11.6 Å². The Bertz CT molecular complexity index is 121. The molecule has 2 atom stereocenters. The predicted octanol–water partition coefficient (Wildman–Crippen LogP) is 2.78. The molecule has 2 heteroatoms. The Morgan fingerprint density at radius 3 is 2.58 bits per heavy atom. The monoisotopic (exact) mass is 189 g/mol. The zero-order valence-corrected chi connectivity index (χ0v) is 8.90. The number of rotatable bonds is 6. The Hall–Kier alpha value is 0.250. The molecule has 1 saturated carbocycles. The van der Waals surface area contributed by atoms with Crippen LogP contribution in [0.4, 0.5) is 0 Å². The van der Waals surface area contributed by atoms with Crippen molar-refractivity contribution in [3.05, 3.63) is 0 Å². The first-order chi connectivity index (χ1) is 5.68. The van der Waals surface area contributed by atoms with Gasteiger partial charge in [0, 0.05) is 11.4 Å². The van der Waals surface area contributed by atoms with Crippen LogP contribution in [0.3, 0.4) is 0 Å². The Labute approximate surface area is 80.9 Å². The summed E-state index contributed by atoms with van der Waals surface area (Å²) >= 11 is 5.89. The zero-order valence-electron chi connectivity index (χ0n) is 8.15. The minimum atomic E-state index is 0.299. The molecule has 1 rings (SSSR count). The van der Waals surface area contributed by atoms with E-state index in [9.17, 15) is 0 Å². The summed E-state index contributed by atoms with van der Waals surface area (Å²) in [5.74, 6) is 1.04. The lowest BCUT2D eigenvalue weighted by atomic mass is 10.2. The molecule has 1 aliphatic carbocycles. The van der Waals surface area contributed by atoms with Gasteiger partial charge < -0.3 is 5.32 Å². The molecule has 0 bridgehead atoms. The van der Waals surface area contributed by atoms with Gasteiger partial charge in [-0.05, 0) is 39.2 Å². The van der Waals surface area contributed by atoms with Crippen LogP contribution in [0, 0.1) is 5.92 Å². The van der Waals surface area contributed by atoms with Gasteiger partial charge in [-0.25, -0.2) is 0 Å². The fourth-order valence-corrected chi connectivity index (χ4v) is 1.78. The molecule has 0 spiro atoms. The maximum Gasteiger partial charge on any atom is 0.0322 e. The van der Waals surface area contributed by atoms with Crippen molar-refractivity contribution in [2.75, 3.05) is 6.54 Å². The van der Waals surface area contributed by atoms with Crippen LogP contribution in [0.2, 0.25) is 0 Å². The van der Waals surface area contributed by atoms with E-state index in [1.54, 1.807) is 0 Å². The van der Waals surface area contributed by atoms with Gasteiger partial charge in [-0.15, -0.1) is 11.6 Å². The van der Waals surface area contributed by atoms with Gasteiger partial charge in [0.25, 0.3) is 0 Å². The third-order valence-electron chi connectivity index (χ3n) is 2.42. The lowest BCUT2D eigenvalue weighted by Crippen LogP contribution is -2.29. The molecular weight excluding hydrogens is 170 g/mol. The second-order valence-corrected chi connectivity index (χ2v) is 4.85. The molecule has 0 aromatic carbocycles. The zero-order chi connectivity index (χ0) is 8.97. The van der Waals surface area contributed by atoms with Gasteiger partial charge >= 0.3 is 0 Å². The van der Waals surface area contributed by atoms with Crippen LogP contribution in [-0.2, 0) is 0 Å². The van der Waals surface area contributed by atoms with Crippen LogP contribution in [0.15, 0.2) is 0 Å². The first-order valence-corrected chi connectivity index (χ1v) is 5.49. The molecule has 0 amide bonds. The highest BCUT2D eigenvalue weighted by atomic mass is 35.5. The van der Waals surface area contributed by atoms with E-state index in [-0.39, 0.29) is 0 Å². The van der Waals surface area contributed by atoms with Crippen LogP contribution in [0.5, 0.6) is 0 Å². The van der Waals surface area contributed by atoms with Gasteiger partial charge in [-0.2, -0.15) is 0 Å². The summed E-state index contributed by atoms with van der Waals surface area (Å²) in [6, 6.07) is 0.580. The molecule has 0 aromatic heterocycles. The molecule has 0 saturated heterocycles. The SMILES string of the molecule is CC(Cl)CC(C)NCCC1CC1. The molecule has 1 nitrogen and oxygen atoms in total. The Kier molecular flexibility index (Phi) is 4.38. The van der Waals surface area contributed by atoms with Crippen LogP contribution >= 0.6 is 11.6 Å². The van der Waals surface area contributed by atoms with Crippen molar-refractivity contribution in [3.63, 3.8) is 0 Å². The van der Waals surface area contributed by atoms with Crippen LogP contribution in [0.25, 0.3) is 0 Å². The predicted molar refractivity (Wildman–Crippen MR) is 54.7 cm³/mol. The first-order valence-electron chi connectivity index (χ1n) is 5.06. The Morgan fingerprint density at radius 1 is 1.42 bits per heavy atom. The molecule has 2 unspecified atom stereocenters.